The van der Waals surface area contributed by atoms with Gasteiger partial charge in [-0.2, -0.15) is 0 Å². The Morgan fingerprint density at radius 3 is 2.28 bits per heavy atom. The van der Waals surface area contributed by atoms with E-state index in [2.05, 4.69) is 10.2 Å². The van der Waals surface area contributed by atoms with E-state index < -0.39 is 9.84 Å². The molecule has 4 rings (SSSR count). The molecule has 1 heterocycles. The summed E-state index contributed by atoms with van der Waals surface area (Å²) in [5.74, 6) is 0.223. The average Bonchev–Trinajstić information content (AvgIpc) is 2.71. The van der Waals surface area contributed by atoms with Crippen molar-refractivity contribution in [3.05, 3.63) is 76.8 Å². The minimum Gasteiger partial charge on any atom is -0.321 e. The number of carbonyl (C=O) groups excluding carboxylic acids is 1. The van der Waals surface area contributed by atoms with Crippen LogP contribution in [0.3, 0.4) is 0 Å². The van der Waals surface area contributed by atoms with Crippen molar-refractivity contribution in [1.82, 2.24) is 4.90 Å². The maximum atomic E-state index is 12.6. The van der Waals surface area contributed by atoms with Gasteiger partial charge in [0.25, 0.3) is 5.91 Å². The van der Waals surface area contributed by atoms with Gasteiger partial charge >= 0.3 is 0 Å². The monoisotopic (exact) mass is 428 g/mol. The Labute approximate surface area is 175 Å². The van der Waals surface area contributed by atoms with Crippen molar-refractivity contribution in [3.8, 4) is 0 Å². The summed E-state index contributed by atoms with van der Waals surface area (Å²) in [5, 5.41) is 5.58. The molecule has 0 bridgehead atoms. The zero-order chi connectivity index (χ0) is 20.4. The molecule has 5 nitrogen and oxygen atoms in total. The third-order valence-electron chi connectivity index (χ3n) is 5.20. The molecule has 0 aromatic heterocycles. The first-order valence-electron chi connectivity index (χ1n) is 9.42. The largest absolute Gasteiger partial charge is 0.321 e. The Hall–Kier alpha value is -2.41. The van der Waals surface area contributed by atoms with E-state index in [1.165, 1.54) is 0 Å². The van der Waals surface area contributed by atoms with Gasteiger partial charge in [-0.05, 0) is 41.3 Å². The smallest absolute Gasteiger partial charge is 0.255 e. The van der Waals surface area contributed by atoms with Gasteiger partial charge in [-0.15, -0.1) is 0 Å². The molecule has 1 amide bonds. The van der Waals surface area contributed by atoms with E-state index in [1.54, 1.807) is 24.3 Å². The van der Waals surface area contributed by atoms with Gasteiger partial charge in [0.1, 0.15) is 0 Å². The second kappa shape index (κ2) is 8.14. The fraction of sp³-hybridized carbons (Fsp3) is 0.227. The van der Waals surface area contributed by atoms with Crippen molar-refractivity contribution in [2.45, 2.75) is 6.54 Å². The number of benzene rings is 3. The first-order chi connectivity index (χ1) is 13.9. The lowest BCUT2D eigenvalue weighted by Gasteiger charge is -2.27. The Morgan fingerprint density at radius 1 is 0.931 bits per heavy atom. The topological polar surface area (TPSA) is 66.5 Å². The summed E-state index contributed by atoms with van der Waals surface area (Å²) in [6.07, 6.45) is 0. The minimum atomic E-state index is -2.90. The van der Waals surface area contributed by atoms with Crippen LogP contribution in [0.15, 0.2) is 60.7 Å². The van der Waals surface area contributed by atoms with Crippen molar-refractivity contribution >= 4 is 43.8 Å². The molecule has 3 aromatic rings. The predicted molar refractivity (Wildman–Crippen MR) is 117 cm³/mol. The molecular formula is C22H21ClN2O3S. The molecule has 1 fully saturated rings. The van der Waals surface area contributed by atoms with Crippen LogP contribution in [0, 0.1) is 0 Å². The van der Waals surface area contributed by atoms with E-state index in [-0.39, 0.29) is 17.4 Å². The molecule has 1 N–H and O–H groups in total. The fourth-order valence-corrected chi connectivity index (χ4v) is 4.96. The summed E-state index contributed by atoms with van der Waals surface area (Å²) < 4.78 is 23.3. The number of hydrogen-bond donors (Lipinski definition) is 1. The van der Waals surface area contributed by atoms with Gasteiger partial charge in [-0.1, -0.05) is 41.9 Å². The van der Waals surface area contributed by atoms with Gasteiger partial charge in [-0.3, -0.25) is 9.69 Å². The van der Waals surface area contributed by atoms with Crippen LogP contribution in [0.5, 0.6) is 0 Å². The molecule has 1 aliphatic rings. The number of rotatable bonds is 4. The fourth-order valence-electron chi connectivity index (χ4n) is 3.55. The summed E-state index contributed by atoms with van der Waals surface area (Å²) in [4.78, 5) is 14.8. The number of sulfone groups is 1. The lowest BCUT2D eigenvalue weighted by Crippen LogP contribution is -2.39. The van der Waals surface area contributed by atoms with Crippen molar-refractivity contribution in [2.24, 2.45) is 0 Å². The van der Waals surface area contributed by atoms with Gasteiger partial charge in [0.05, 0.1) is 11.5 Å². The van der Waals surface area contributed by atoms with E-state index in [4.69, 9.17) is 11.6 Å². The highest BCUT2D eigenvalue weighted by Crippen LogP contribution is 2.28. The van der Waals surface area contributed by atoms with Gasteiger partial charge in [0.15, 0.2) is 9.84 Å². The maximum absolute atomic E-state index is 12.6. The molecule has 29 heavy (non-hydrogen) atoms. The van der Waals surface area contributed by atoms with E-state index in [0.29, 0.717) is 30.2 Å². The Kier molecular flexibility index (Phi) is 5.58. The number of anilines is 1. The first kappa shape index (κ1) is 19.9. The zero-order valence-electron chi connectivity index (χ0n) is 15.8. The molecule has 0 radical (unpaired) electrons. The highest BCUT2D eigenvalue weighted by atomic mass is 35.5. The number of amides is 1. The van der Waals surface area contributed by atoms with Crippen LogP contribution >= 0.6 is 11.6 Å². The average molecular weight is 429 g/mol. The Bertz CT molecular complexity index is 1150. The van der Waals surface area contributed by atoms with Crippen LogP contribution in [0.1, 0.15) is 15.9 Å². The summed E-state index contributed by atoms with van der Waals surface area (Å²) >= 11 is 5.90. The lowest BCUT2D eigenvalue weighted by atomic mass is 10.0. The van der Waals surface area contributed by atoms with Crippen LogP contribution < -0.4 is 5.32 Å². The van der Waals surface area contributed by atoms with Crippen molar-refractivity contribution in [3.63, 3.8) is 0 Å². The molecule has 0 unspecified atom stereocenters. The lowest BCUT2D eigenvalue weighted by molar-refractivity contribution is 0.102. The summed E-state index contributed by atoms with van der Waals surface area (Å²) in [5.41, 5.74) is 2.40. The number of nitrogens with zero attached hydrogens (tertiary/aromatic N) is 1. The standard InChI is InChI=1S/C22H21ClN2O3S/c23-18-8-5-16(6-9-18)22(26)24-21-10-7-17(19-3-1-2-4-20(19)21)15-25-11-13-29(27,28)14-12-25/h1-10H,11-15H2,(H,24,26). The zero-order valence-corrected chi connectivity index (χ0v) is 17.3. The van der Waals surface area contributed by atoms with Crippen LogP contribution in [0.2, 0.25) is 5.02 Å². The van der Waals surface area contributed by atoms with Crippen LogP contribution in [-0.4, -0.2) is 43.8 Å². The van der Waals surface area contributed by atoms with E-state index in [9.17, 15) is 13.2 Å². The molecule has 0 saturated carbocycles. The van der Waals surface area contributed by atoms with Crippen LogP contribution in [0.25, 0.3) is 10.8 Å². The normalized spacial score (nSPS) is 16.6. The molecule has 1 aliphatic heterocycles. The number of fused-ring (bicyclic) bond motifs is 1. The number of halogens is 1. The van der Waals surface area contributed by atoms with Crippen molar-refractivity contribution in [1.29, 1.82) is 0 Å². The Balaban J connectivity index is 1.58. The third-order valence-corrected chi connectivity index (χ3v) is 7.06. The molecule has 3 aromatic carbocycles. The third kappa shape index (κ3) is 4.61. The maximum Gasteiger partial charge on any atom is 0.255 e. The molecular weight excluding hydrogens is 408 g/mol. The second-order valence-corrected chi connectivity index (χ2v) is 9.95. The molecule has 150 valence electrons. The molecule has 1 saturated heterocycles. The van der Waals surface area contributed by atoms with E-state index in [1.807, 2.05) is 36.4 Å². The summed E-state index contributed by atoms with van der Waals surface area (Å²) in [6, 6.07) is 18.6. The number of carbonyl (C=O) groups is 1. The molecule has 0 atom stereocenters. The van der Waals surface area contributed by atoms with E-state index >= 15 is 0 Å². The van der Waals surface area contributed by atoms with Gasteiger partial charge in [0, 0.05) is 41.3 Å². The highest BCUT2D eigenvalue weighted by Gasteiger charge is 2.22. The quantitative estimate of drug-likeness (QED) is 0.682. The number of hydrogen-bond acceptors (Lipinski definition) is 4. The van der Waals surface area contributed by atoms with Gasteiger partial charge in [0.2, 0.25) is 0 Å². The minimum absolute atomic E-state index is 0.194. The number of nitrogens with one attached hydrogen (secondary N) is 1. The van der Waals surface area contributed by atoms with Gasteiger partial charge < -0.3 is 5.32 Å². The SMILES string of the molecule is O=C(Nc1ccc(CN2CCS(=O)(=O)CC2)c2ccccc12)c1ccc(Cl)cc1. The molecule has 0 spiro atoms. The Morgan fingerprint density at radius 2 is 1.59 bits per heavy atom. The van der Waals surface area contributed by atoms with E-state index in [0.717, 1.165) is 22.0 Å². The van der Waals surface area contributed by atoms with Crippen LogP contribution in [0.4, 0.5) is 5.69 Å². The summed E-state index contributed by atoms with van der Waals surface area (Å²) in [7, 11) is -2.90. The molecule has 0 aliphatic carbocycles. The highest BCUT2D eigenvalue weighted by molar-refractivity contribution is 7.91. The van der Waals surface area contributed by atoms with Crippen molar-refractivity contribution in [2.75, 3.05) is 29.9 Å². The molecule has 7 heteroatoms. The predicted octanol–water partition coefficient (Wildman–Crippen LogP) is 3.98. The van der Waals surface area contributed by atoms with Gasteiger partial charge in [-0.25, -0.2) is 8.42 Å². The second-order valence-electron chi connectivity index (χ2n) is 7.21. The first-order valence-corrected chi connectivity index (χ1v) is 11.6. The van der Waals surface area contributed by atoms with Crippen LogP contribution in [-0.2, 0) is 16.4 Å². The van der Waals surface area contributed by atoms with Crippen molar-refractivity contribution < 1.29 is 13.2 Å². The summed E-state index contributed by atoms with van der Waals surface area (Å²) in [6.45, 7) is 1.78.